The van der Waals surface area contributed by atoms with Gasteiger partial charge < -0.3 is 10.6 Å². The van der Waals surface area contributed by atoms with Crippen LogP contribution in [0.1, 0.15) is 30.9 Å². The number of benzene rings is 1. The largest absolute Gasteiger partial charge is 0.416 e. The van der Waals surface area contributed by atoms with Gasteiger partial charge in [0.1, 0.15) is 4.99 Å². The third-order valence-corrected chi connectivity index (χ3v) is 3.67. The number of alkyl halides is 3. The molecule has 1 heterocycles. The SMILES string of the molecule is CC1CCCN1c1ccc(C(F)(F)F)cc1C(N)=S. The Hall–Kier alpha value is -1.30. The summed E-state index contributed by atoms with van der Waals surface area (Å²) in [7, 11) is 0. The van der Waals surface area contributed by atoms with E-state index in [9.17, 15) is 13.2 Å². The van der Waals surface area contributed by atoms with Crippen molar-refractivity contribution in [2.24, 2.45) is 5.73 Å². The van der Waals surface area contributed by atoms with Gasteiger partial charge in [-0.2, -0.15) is 13.2 Å². The van der Waals surface area contributed by atoms with E-state index in [4.69, 9.17) is 18.0 Å². The summed E-state index contributed by atoms with van der Waals surface area (Å²) >= 11 is 4.89. The van der Waals surface area contributed by atoms with E-state index in [1.807, 2.05) is 6.92 Å². The fourth-order valence-corrected chi connectivity index (χ4v) is 2.61. The van der Waals surface area contributed by atoms with Crippen molar-refractivity contribution in [3.8, 4) is 0 Å². The van der Waals surface area contributed by atoms with Crippen molar-refractivity contribution >= 4 is 22.9 Å². The van der Waals surface area contributed by atoms with Crippen molar-refractivity contribution in [1.82, 2.24) is 0 Å². The van der Waals surface area contributed by atoms with Crippen LogP contribution in [0.25, 0.3) is 0 Å². The Bertz CT molecular complexity index is 499. The van der Waals surface area contributed by atoms with E-state index in [0.717, 1.165) is 31.5 Å². The molecule has 1 atom stereocenters. The summed E-state index contributed by atoms with van der Waals surface area (Å²) in [6.07, 6.45) is -2.33. The maximum atomic E-state index is 12.7. The number of nitrogens with zero attached hydrogens (tertiary/aromatic N) is 1. The molecular weight excluding hydrogens is 273 g/mol. The molecule has 0 aliphatic carbocycles. The van der Waals surface area contributed by atoms with Crippen LogP contribution in [-0.4, -0.2) is 17.6 Å². The first-order valence-electron chi connectivity index (χ1n) is 6.08. The zero-order valence-corrected chi connectivity index (χ0v) is 11.3. The Morgan fingerprint density at radius 2 is 2.11 bits per heavy atom. The molecular formula is C13H15F3N2S. The number of halogens is 3. The molecule has 104 valence electrons. The summed E-state index contributed by atoms with van der Waals surface area (Å²) in [6, 6.07) is 3.90. The molecule has 2 nitrogen and oxygen atoms in total. The van der Waals surface area contributed by atoms with Crippen LogP contribution in [0.3, 0.4) is 0 Å². The van der Waals surface area contributed by atoms with E-state index < -0.39 is 11.7 Å². The first-order valence-corrected chi connectivity index (χ1v) is 6.49. The van der Waals surface area contributed by atoms with E-state index in [1.165, 1.54) is 6.07 Å². The van der Waals surface area contributed by atoms with Gasteiger partial charge in [0.05, 0.1) is 5.56 Å². The molecule has 1 aromatic rings. The predicted octanol–water partition coefficient (Wildman–Crippen LogP) is 3.33. The fourth-order valence-electron chi connectivity index (χ4n) is 2.45. The zero-order valence-electron chi connectivity index (χ0n) is 10.5. The molecule has 1 aliphatic heterocycles. The van der Waals surface area contributed by atoms with E-state index >= 15 is 0 Å². The van der Waals surface area contributed by atoms with Gasteiger partial charge in [0.15, 0.2) is 0 Å². The van der Waals surface area contributed by atoms with Crippen LogP contribution in [0, 0.1) is 0 Å². The molecule has 1 aromatic carbocycles. The van der Waals surface area contributed by atoms with Gasteiger partial charge in [-0.3, -0.25) is 0 Å². The molecule has 2 N–H and O–H groups in total. The summed E-state index contributed by atoms with van der Waals surface area (Å²) in [4.78, 5) is 2.06. The topological polar surface area (TPSA) is 29.3 Å². The summed E-state index contributed by atoms with van der Waals surface area (Å²) in [5, 5.41) is 0. The van der Waals surface area contributed by atoms with E-state index in [1.54, 1.807) is 0 Å². The molecule has 1 aliphatic rings. The first-order chi connectivity index (χ1) is 8.80. The third kappa shape index (κ3) is 2.83. The molecule has 0 saturated carbocycles. The molecule has 6 heteroatoms. The average Bonchev–Trinajstić information content (AvgIpc) is 2.73. The van der Waals surface area contributed by atoms with Gasteiger partial charge in [0.2, 0.25) is 0 Å². The van der Waals surface area contributed by atoms with Crippen molar-refractivity contribution in [1.29, 1.82) is 0 Å². The minimum Gasteiger partial charge on any atom is -0.389 e. The maximum Gasteiger partial charge on any atom is 0.416 e. The van der Waals surface area contributed by atoms with Gasteiger partial charge in [-0.25, -0.2) is 0 Å². The number of rotatable bonds is 2. The highest BCUT2D eigenvalue weighted by atomic mass is 32.1. The second kappa shape index (κ2) is 5.00. The quantitative estimate of drug-likeness (QED) is 0.846. The Morgan fingerprint density at radius 1 is 1.42 bits per heavy atom. The lowest BCUT2D eigenvalue weighted by Gasteiger charge is -2.26. The van der Waals surface area contributed by atoms with Crippen LogP contribution in [0.15, 0.2) is 18.2 Å². The zero-order chi connectivity index (χ0) is 14.2. The van der Waals surface area contributed by atoms with Crippen molar-refractivity contribution in [3.05, 3.63) is 29.3 Å². The van der Waals surface area contributed by atoms with Crippen LogP contribution < -0.4 is 10.6 Å². The molecule has 2 rings (SSSR count). The number of thiocarbonyl (C=S) groups is 1. The second-order valence-corrected chi connectivity index (χ2v) is 5.22. The van der Waals surface area contributed by atoms with Crippen molar-refractivity contribution < 1.29 is 13.2 Å². The minimum absolute atomic E-state index is 0.000185. The summed E-state index contributed by atoms with van der Waals surface area (Å²) < 4.78 is 38.2. The smallest absolute Gasteiger partial charge is 0.389 e. The normalized spacial score (nSPS) is 19.8. The monoisotopic (exact) mass is 288 g/mol. The van der Waals surface area contributed by atoms with Gasteiger partial charge in [0, 0.05) is 23.8 Å². The van der Waals surface area contributed by atoms with E-state index in [0.29, 0.717) is 17.3 Å². The van der Waals surface area contributed by atoms with Crippen LogP contribution >= 0.6 is 12.2 Å². The first kappa shape index (κ1) is 14.1. The molecule has 19 heavy (non-hydrogen) atoms. The standard InChI is InChI=1S/C13H15F3N2S/c1-8-3-2-6-18(8)11-5-4-9(13(14,15)16)7-10(11)12(17)19/h4-5,7-8H,2-3,6H2,1H3,(H2,17,19). The Balaban J connectivity index is 2.47. The molecule has 0 aromatic heterocycles. The molecule has 0 radical (unpaired) electrons. The molecule has 1 unspecified atom stereocenters. The van der Waals surface area contributed by atoms with Crippen LogP contribution in [0.4, 0.5) is 18.9 Å². The number of nitrogens with two attached hydrogens (primary N) is 1. The summed E-state index contributed by atoms with van der Waals surface area (Å²) in [5.74, 6) is 0. The Labute approximate surface area is 115 Å². The maximum absolute atomic E-state index is 12.7. The van der Waals surface area contributed by atoms with Gasteiger partial charge in [-0.05, 0) is 38.0 Å². The van der Waals surface area contributed by atoms with Crippen LogP contribution in [0.2, 0.25) is 0 Å². The lowest BCUT2D eigenvalue weighted by molar-refractivity contribution is -0.137. The predicted molar refractivity (Wildman–Crippen MR) is 73.4 cm³/mol. The van der Waals surface area contributed by atoms with Crippen LogP contribution in [0.5, 0.6) is 0 Å². The molecule has 1 saturated heterocycles. The molecule has 0 spiro atoms. The van der Waals surface area contributed by atoms with Crippen molar-refractivity contribution in [2.75, 3.05) is 11.4 Å². The summed E-state index contributed by atoms with van der Waals surface area (Å²) in [5.41, 5.74) is 5.86. The molecule has 0 amide bonds. The molecule has 0 bridgehead atoms. The second-order valence-electron chi connectivity index (χ2n) is 4.78. The van der Waals surface area contributed by atoms with Gasteiger partial charge in [0.25, 0.3) is 0 Å². The van der Waals surface area contributed by atoms with Gasteiger partial charge in [-0.15, -0.1) is 0 Å². The van der Waals surface area contributed by atoms with Crippen LogP contribution in [-0.2, 0) is 6.18 Å². The van der Waals surface area contributed by atoms with Gasteiger partial charge >= 0.3 is 6.18 Å². The minimum atomic E-state index is -4.38. The fraction of sp³-hybridized carbons (Fsp3) is 0.462. The number of anilines is 1. The Morgan fingerprint density at radius 3 is 2.58 bits per heavy atom. The molecule has 1 fully saturated rings. The lowest BCUT2D eigenvalue weighted by atomic mass is 10.1. The average molecular weight is 288 g/mol. The highest BCUT2D eigenvalue weighted by Crippen LogP contribution is 2.35. The highest BCUT2D eigenvalue weighted by Gasteiger charge is 2.32. The summed E-state index contributed by atoms with van der Waals surface area (Å²) in [6.45, 7) is 2.87. The van der Waals surface area contributed by atoms with Gasteiger partial charge in [-0.1, -0.05) is 12.2 Å². The lowest BCUT2D eigenvalue weighted by Crippen LogP contribution is -2.29. The highest BCUT2D eigenvalue weighted by molar-refractivity contribution is 7.80. The van der Waals surface area contributed by atoms with E-state index in [2.05, 4.69) is 4.90 Å². The Kier molecular flexibility index (Phi) is 3.71. The number of hydrogen-bond donors (Lipinski definition) is 1. The van der Waals surface area contributed by atoms with Crippen molar-refractivity contribution in [2.45, 2.75) is 32.0 Å². The van der Waals surface area contributed by atoms with E-state index in [-0.39, 0.29) is 4.99 Å². The number of hydrogen-bond acceptors (Lipinski definition) is 2. The third-order valence-electron chi connectivity index (χ3n) is 3.45. The van der Waals surface area contributed by atoms with Crippen molar-refractivity contribution in [3.63, 3.8) is 0 Å².